The molecular weight excluding hydrogens is 259 g/mol. The van der Waals surface area contributed by atoms with Gasteiger partial charge in [-0.25, -0.2) is 4.79 Å². The fourth-order valence-corrected chi connectivity index (χ4v) is 2.75. The molecule has 0 spiro atoms. The lowest BCUT2D eigenvalue weighted by Crippen LogP contribution is -2.53. The molecule has 0 aromatic heterocycles. The van der Waals surface area contributed by atoms with E-state index >= 15 is 0 Å². The van der Waals surface area contributed by atoms with Crippen LogP contribution in [0, 0.1) is 0 Å². The Bertz CT molecular complexity index is 310. The molecule has 0 bridgehead atoms. The second-order valence-corrected chi connectivity index (χ2v) is 5.20. The summed E-state index contributed by atoms with van der Waals surface area (Å²) in [5.74, 6) is 0. The van der Waals surface area contributed by atoms with Gasteiger partial charge in [-0.05, 0) is 38.8 Å². The van der Waals surface area contributed by atoms with Crippen molar-refractivity contribution in [3.63, 3.8) is 0 Å². The van der Waals surface area contributed by atoms with E-state index in [9.17, 15) is 18.0 Å². The number of alkyl halides is 3. The third kappa shape index (κ3) is 3.99. The van der Waals surface area contributed by atoms with Gasteiger partial charge in [0.25, 0.3) is 0 Å². The predicted octanol–water partition coefficient (Wildman–Crippen LogP) is 1.82. The van der Waals surface area contributed by atoms with E-state index in [2.05, 4.69) is 5.32 Å². The first-order valence-electron chi connectivity index (χ1n) is 6.80. The van der Waals surface area contributed by atoms with Gasteiger partial charge in [-0.2, -0.15) is 13.2 Å². The standard InChI is InChI=1S/C12H20F3N3O/c13-12(14,15)9-18(10-3-5-16-6-4-10)11(19)17-7-1-2-8-17/h10,16H,1-9H2. The molecule has 2 aliphatic heterocycles. The summed E-state index contributed by atoms with van der Waals surface area (Å²) in [4.78, 5) is 14.8. The zero-order valence-electron chi connectivity index (χ0n) is 10.9. The Kier molecular flexibility index (Phi) is 4.54. The average molecular weight is 279 g/mol. The molecule has 0 radical (unpaired) electrons. The van der Waals surface area contributed by atoms with Crippen molar-refractivity contribution in [3.05, 3.63) is 0 Å². The Morgan fingerprint density at radius 3 is 2.32 bits per heavy atom. The topological polar surface area (TPSA) is 35.6 Å². The van der Waals surface area contributed by atoms with Crippen molar-refractivity contribution in [2.24, 2.45) is 0 Å². The molecule has 110 valence electrons. The van der Waals surface area contributed by atoms with Gasteiger partial charge in [-0.1, -0.05) is 0 Å². The number of urea groups is 1. The summed E-state index contributed by atoms with van der Waals surface area (Å²) < 4.78 is 38.0. The number of carbonyl (C=O) groups is 1. The van der Waals surface area contributed by atoms with Crippen molar-refractivity contribution in [2.75, 3.05) is 32.7 Å². The van der Waals surface area contributed by atoms with Gasteiger partial charge in [-0.15, -0.1) is 0 Å². The summed E-state index contributed by atoms with van der Waals surface area (Å²) in [6, 6.07) is -0.738. The SMILES string of the molecule is O=C(N1CCCC1)N(CC(F)(F)F)C1CCNCC1. The highest BCUT2D eigenvalue weighted by Gasteiger charge is 2.38. The van der Waals surface area contributed by atoms with Gasteiger partial charge in [-0.3, -0.25) is 0 Å². The van der Waals surface area contributed by atoms with E-state index in [4.69, 9.17) is 0 Å². The second-order valence-electron chi connectivity index (χ2n) is 5.20. The van der Waals surface area contributed by atoms with Crippen LogP contribution in [-0.4, -0.2) is 60.8 Å². The fraction of sp³-hybridized carbons (Fsp3) is 0.917. The third-order valence-electron chi connectivity index (χ3n) is 3.72. The average Bonchev–Trinajstić information content (AvgIpc) is 2.89. The molecule has 7 heteroatoms. The monoisotopic (exact) mass is 279 g/mol. The summed E-state index contributed by atoms with van der Waals surface area (Å²) in [6.45, 7) is 1.38. The van der Waals surface area contributed by atoms with Crippen LogP contribution >= 0.6 is 0 Å². The summed E-state index contributed by atoms with van der Waals surface area (Å²) in [7, 11) is 0. The van der Waals surface area contributed by atoms with E-state index in [0.29, 0.717) is 39.0 Å². The number of nitrogens with one attached hydrogen (secondary N) is 1. The maximum Gasteiger partial charge on any atom is 0.406 e. The Morgan fingerprint density at radius 2 is 1.79 bits per heavy atom. The lowest BCUT2D eigenvalue weighted by Gasteiger charge is -2.37. The molecule has 2 aliphatic rings. The summed E-state index contributed by atoms with van der Waals surface area (Å²) in [6.07, 6.45) is -1.37. The van der Waals surface area contributed by atoms with Crippen LogP contribution in [0.25, 0.3) is 0 Å². The minimum atomic E-state index is -4.33. The number of carbonyl (C=O) groups excluding carboxylic acids is 1. The smallest absolute Gasteiger partial charge is 0.325 e. The van der Waals surface area contributed by atoms with Crippen LogP contribution in [0.2, 0.25) is 0 Å². The summed E-state index contributed by atoms with van der Waals surface area (Å²) >= 11 is 0. The van der Waals surface area contributed by atoms with E-state index in [0.717, 1.165) is 17.7 Å². The molecule has 2 amide bonds. The first kappa shape index (κ1) is 14.4. The van der Waals surface area contributed by atoms with E-state index < -0.39 is 18.8 Å². The molecule has 2 fully saturated rings. The number of rotatable bonds is 2. The van der Waals surface area contributed by atoms with Crippen LogP contribution < -0.4 is 5.32 Å². The summed E-state index contributed by atoms with van der Waals surface area (Å²) in [5.41, 5.74) is 0. The number of nitrogens with zero attached hydrogens (tertiary/aromatic N) is 2. The molecule has 0 unspecified atom stereocenters. The fourth-order valence-electron chi connectivity index (χ4n) is 2.75. The first-order valence-corrected chi connectivity index (χ1v) is 6.80. The number of amides is 2. The van der Waals surface area contributed by atoms with Gasteiger partial charge in [0.05, 0.1) is 0 Å². The Balaban J connectivity index is 2.05. The maximum absolute atomic E-state index is 12.7. The van der Waals surface area contributed by atoms with Crippen molar-refractivity contribution in [3.8, 4) is 0 Å². The van der Waals surface area contributed by atoms with Gasteiger partial charge >= 0.3 is 12.2 Å². The highest BCUT2D eigenvalue weighted by Crippen LogP contribution is 2.23. The molecular formula is C12H20F3N3O. The van der Waals surface area contributed by atoms with Crippen molar-refractivity contribution < 1.29 is 18.0 Å². The number of hydrogen-bond acceptors (Lipinski definition) is 2. The minimum Gasteiger partial charge on any atom is -0.325 e. The first-order chi connectivity index (χ1) is 8.97. The molecule has 1 N–H and O–H groups in total. The number of hydrogen-bond donors (Lipinski definition) is 1. The predicted molar refractivity (Wildman–Crippen MR) is 64.9 cm³/mol. The lowest BCUT2D eigenvalue weighted by atomic mass is 10.1. The number of halogens is 3. The largest absolute Gasteiger partial charge is 0.406 e. The molecule has 0 atom stereocenters. The minimum absolute atomic E-state index is 0.295. The maximum atomic E-state index is 12.7. The van der Waals surface area contributed by atoms with Gasteiger partial charge < -0.3 is 15.1 Å². The molecule has 0 aliphatic carbocycles. The number of piperidine rings is 1. The Morgan fingerprint density at radius 1 is 1.21 bits per heavy atom. The zero-order chi connectivity index (χ0) is 13.9. The van der Waals surface area contributed by atoms with Crippen LogP contribution in [0.4, 0.5) is 18.0 Å². The van der Waals surface area contributed by atoms with Gasteiger partial charge in [0, 0.05) is 19.1 Å². The highest BCUT2D eigenvalue weighted by molar-refractivity contribution is 5.75. The molecule has 0 saturated carbocycles. The van der Waals surface area contributed by atoms with Crippen molar-refractivity contribution in [1.82, 2.24) is 15.1 Å². The highest BCUT2D eigenvalue weighted by atomic mass is 19.4. The molecule has 2 saturated heterocycles. The van der Waals surface area contributed by atoms with E-state index in [1.54, 1.807) is 4.90 Å². The molecule has 4 nitrogen and oxygen atoms in total. The van der Waals surface area contributed by atoms with E-state index in [-0.39, 0.29) is 6.04 Å². The van der Waals surface area contributed by atoms with Crippen LogP contribution in [0.3, 0.4) is 0 Å². The molecule has 2 rings (SSSR count). The normalized spacial score (nSPS) is 21.7. The van der Waals surface area contributed by atoms with Crippen molar-refractivity contribution >= 4 is 6.03 Å². The Hall–Kier alpha value is -0.980. The van der Waals surface area contributed by atoms with Gasteiger partial charge in [0.2, 0.25) is 0 Å². The van der Waals surface area contributed by atoms with Gasteiger partial charge in [0.1, 0.15) is 6.54 Å². The van der Waals surface area contributed by atoms with Crippen molar-refractivity contribution in [1.29, 1.82) is 0 Å². The summed E-state index contributed by atoms with van der Waals surface area (Å²) in [5, 5.41) is 3.11. The van der Waals surface area contributed by atoms with Crippen LogP contribution in [0.15, 0.2) is 0 Å². The van der Waals surface area contributed by atoms with Gasteiger partial charge in [0.15, 0.2) is 0 Å². The van der Waals surface area contributed by atoms with Crippen molar-refractivity contribution in [2.45, 2.75) is 37.9 Å². The van der Waals surface area contributed by atoms with E-state index in [1.807, 2.05) is 0 Å². The van der Waals surface area contributed by atoms with Crippen LogP contribution in [0.5, 0.6) is 0 Å². The quantitative estimate of drug-likeness (QED) is 0.837. The zero-order valence-corrected chi connectivity index (χ0v) is 10.9. The molecule has 0 aromatic carbocycles. The lowest BCUT2D eigenvalue weighted by molar-refractivity contribution is -0.145. The molecule has 2 heterocycles. The Labute approximate surface area is 110 Å². The van der Waals surface area contributed by atoms with E-state index in [1.165, 1.54) is 0 Å². The molecule has 19 heavy (non-hydrogen) atoms. The molecule has 0 aromatic rings. The third-order valence-corrected chi connectivity index (χ3v) is 3.72. The van der Waals surface area contributed by atoms with Crippen LogP contribution in [-0.2, 0) is 0 Å². The van der Waals surface area contributed by atoms with Crippen LogP contribution in [0.1, 0.15) is 25.7 Å². The second kappa shape index (κ2) is 5.98. The number of likely N-dealkylation sites (tertiary alicyclic amines) is 1.